The van der Waals surface area contributed by atoms with Crippen molar-refractivity contribution >= 4 is 40.0 Å². The number of hydrogen-bond donors (Lipinski definition) is 2. The van der Waals surface area contributed by atoms with Gasteiger partial charge in [0.05, 0.1) is 5.75 Å². The minimum absolute atomic E-state index is 0. The van der Waals surface area contributed by atoms with Gasteiger partial charge in [-0.15, -0.1) is 24.0 Å². The molecule has 1 fully saturated rings. The molecule has 0 saturated carbocycles. The predicted molar refractivity (Wildman–Crippen MR) is 116 cm³/mol. The normalized spacial score (nSPS) is 22.3. The molecule has 25 heavy (non-hydrogen) atoms. The number of halogens is 1. The fraction of sp³-hybridized carbons (Fsp3) is 0.938. The van der Waals surface area contributed by atoms with E-state index < -0.39 is 10.0 Å². The van der Waals surface area contributed by atoms with Gasteiger partial charge in [0.25, 0.3) is 0 Å². The smallest absolute Gasteiger partial charge is 0.213 e. The third-order valence-corrected chi connectivity index (χ3v) is 6.56. The summed E-state index contributed by atoms with van der Waals surface area (Å²) in [6.07, 6.45) is 0.745. The molecule has 2 atom stereocenters. The average molecular weight is 489 g/mol. The summed E-state index contributed by atoms with van der Waals surface area (Å²) >= 11 is 0. The number of nitrogens with zero attached hydrogens (tertiary/aromatic N) is 3. The van der Waals surface area contributed by atoms with E-state index in [2.05, 4.69) is 41.3 Å². The van der Waals surface area contributed by atoms with Crippen molar-refractivity contribution in [2.45, 2.75) is 46.2 Å². The van der Waals surface area contributed by atoms with Crippen LogP contribution in [0.5, 0.6) is 0 Å². The van der Waals surface area contributed by atoms with Crippen LogP contribution in [0.25, 0.3) is 0 Å². The summed E-state index contributed by atoms with van der Waals surface area (Å²) in [7, 11) is 0.308. The van der Waals surface area contributed by atoms with Gasteiger partial charge in [0.1, 0.15) is 0 Å². The lowest BCUT2D eigenvalue weighted by Gasteiger charge is -2.22. The van der Waals surface area contributed by atoms with E-state index in [0.717, 1.165) is 25.5 Å². The van der Waals surface area contributed by atoms with Crippen LogP contribution in [0.2, 0.25) is 0 Å². The van der Waals surface area contributed by atoms with Crippen LogP contribution >= 0.6 is 24.0 Å². The molecule has 0 spiro atoms. The van der Waals surface area contributed by atoms with Crippen molar-refractivity contribution in [3.8, 4) is 0 Å². The highest BCUT2D eigenvalue weighted by Gasteiger charge is 2.31. The lowest BCUT2D eigenvalue weighted by Crippen LogP contribution is -2.47. The van der Waals surface area contributed by atoms with Crippen molar-refractivity contribution in [1.82, 2.24) is 19.8 Å². The molecule has 0 aromatic heterocycles. The second-order valence-electron chi connectivity index (χ2n) is 6.85. The van der Waals surface area contributed by atoms with Crippen LogP contribution in [-0.4, -0.2) is 81.7 Å². The molecule has 1 aliphatic rings. The standard InChI is InChI=1S/C16H35N5O2S.HI/c1-7-24(22,23)20(6)10-8-9-18-16(17-5)19-15-12-21(13(2)3)11-14(15)4;/h13-15H,7-12H2,1-6H3,(H2,17,18,19);1H. The SMILES string of the molecule is CCS(=O)(=O)N(C)CCCNC(=NC)NC1CN(C(C)C)CC1C.I. The lowest BCUT2D eigenvalue weighted by molar-refractivity contribution is 0.265. The third kappa shape index (κ3) is 7.96. The summed E-state index contributed by atoms with van der Waals surface area (Å²) in [4.78, 5) is 6.75. The maximum Gasteiger partial charge on any atom is 0.213 e. The van der Waals surface area contributed by atoms with Gasteiger partial charge < -0.3 is 10.6 Å². The van der Waals surface area contributed by atoms with Crippen LogP contribution < -0.4 is 10.6 Å². The number of guanidine groups is 1. The molecular weight excluding hydrogens is 453 g/mol. The van der Waals surface area contributed by atoms with Crippen molar-refractivity contribution in [3.05, 3.63) is 0 Å². The van der Waals surface area contributed by atoms with Crippen molar-refractivity contribution in [2.24, 2.45) is 10.9 Å². The van der Waals surface area contributed by atoms with E-state index in [4.69, 9.17) is 0 Å². The minimum Gasteiger partial charge on any atom is -0.356 e. The molecule has 1 rings (SSSR count). The van der Waals surface area contributed by atoms with Crippen molar-refractivity contribution in [1.29, 1.82) is 0 Å². The molecule has 0 bridgehead atoms. The Morgan fingerprint density at radius 1 is 1.36 bits per heavy atom. The first kappa shape index (κ1) is 24.9. The fourth-order valence-corrected chi connectivity index (χ4v) is 3.70. The van der Waals surface area contributed by atoms with Gasteiger partial charge in [-0.25, -0.2) is 12.7 Å². The fourth-order valence-electron chi connectivity index (χ4n) is 2.85. The molecule has 2 N–H and O–H groups in total. The molecular formula is C16H36IN5O2S. The maximum atomic E-state index is 11.7. The van der Waals surface area contributed by atoms with Crippen molar-refractivity contribution in [3.63, 3.8) is 0 Å². The molecule has 0 radical (unpaired) electrons. The Balaban J connectivity index is 0.00000576. The highest BCUT2D eigenvalue weighted by Crippen LogP contribution is 2.18. The van der Waals surface area contributed by atoms with E-state index in [1.54, 1.807) is 21.0 Å². The number of likely N-dealkylation sites (tertiary alicyclic amines) is 1. The Kier molecular flexibility index (Phi) is 11.5. The lowest BCUT2D eigenvalue weighted by atomic mass is 10.1. The van der Waals surface area contributed by atoms with Gasteiger partial charge in [0.15, 0.2) is 5.96 Å². The first-order valence-corrected chi connectivity index (χ1v) is 10.5. The maximum absolute atomic E-state index is 11.7. The van der Waals surface area contributed by atoms with Crippen LogP contribution in [0.15, 0.2) is 4.99 Å². The molecule has 150 valence electrons. The van der Waals surface area contributed by atoms with E-state index in [-0.39, 0.29) is 29.7 Å². The van der Waals surface area contributed by atoms with Gasteiger partial charge in [0.2, 0.25) is 10.0 Å². The quantitative estimate of drug-likeness (QED) is 0.232. The van der Waals surface area contributed by atoms with Gasteiger partial charge in [0, 0.05) is 52.4 Å². The highest BCUT2D eigenvalue weighted by atomic mass is 127. The summed E-state index contributed by atoms with van der Waals surface area (Å²) in [6.45, 7) is 11.7. The van der Waals surface area contributed by atoms with Crippen LogP contribution in [0.4, 0.5) is 0 Å². The minimum atomic E-state index is -3.09. The van der Waals surface area contributed by atoms with Crippen LogP contribution in [0.1, 0.15) is 34.1 Å². The summed E-state index contributed by atoms with van der Waals surface area (Å²) in [6, 6.07) is 0.951. The van der Waals surface area contributed by atoms with E-state index >= 15 is 0 Å². The topological polar surface area (TPSA) is 77.0 Å². The van der Waals surface area contributed by atoms with Gasteiger partial charge >= 0.3 is 0 Å². The number of aliphatic imine (C=N–C) groups is 1. The molecule has 0 amide bonds. The number of hydrogen-bond acceptors (Lipinski definition) is 4. The predicted octanol–water partition coefficient (Wildman–Crippen LogP) is 1.17. The van der Waals surface area contributed by atoms with Gasteiger partial charge in [-0.2, -0.15) is 0 Å². The van der Waals surface area contributed by atoms with E-state index in [9.17, 15) is 8.42 Å². The first-order chi connectivity index (χ1) is 11.2. The second kappa shape index (κ2) is 11.6. The molecule has 0 aliphatic carbocycles. The van der Waals surface area contributed by atoms with Crippen molar-refractivity contribution in [2.75, 3.05) is 46.0 Å². The molecule has 9 heteroatoms. The van der Waals surface area contributed by atoms with E-state index in [1.165, 1.54) is 4.31 Å². The monoisotopic (exact) mass is 489 g/mol. The molecule has 1 aliphatic heterocycles. The molecule has 0 aromatic carbocycles. The van der Waals surface area contributed by atoms with Crippen LogP contribution in [-0.2, 0) is 10.0 Å². The molecule has 2 unspecified atom stereocenters. The zero-order valence-corrected chi connectivity index (χ0v) is 19.6. The summed E-state index contributed by atoms with van der Waals surface area (Å²) in [5.41, 5.74) is 0. The Hall–Kier alpha value is -0.130. The number of nitrogens with one attached hydrogen (secondary N) is 2. The summed E-state index contributed by atoms with van der Waals surface area (Å²) in [5.74, 6) is 1.51. The number of sulfonamides is 1. The Morgan fingerprint density at radius 2 is 2.00 bits per heavy atom. The van der Waals surface area contributed by atoms with Crippen molar-refractivity contribution < 1.29 is 8.42 Å². The molecule has 1 saturated heterocycles. The van der Waals surface area contributed by atoms with E-state index in [0.29, 0.717) is 31.1 Å². The van der Waals surface area contributed by atoms with Gasteiger partial charge in [-0.3, -0.25) is 9.89 Å². The Morgan fingerprint density at radius 3 is 2.48 bits per heavy atom. The highest BCUT2D eigenvalue weighted by molar-refractivity contribution is 14.0. The molecule has 1 heterocycles. The van der Waals surface area contributed by atoms with Gasteiger partial charge in [-0.1, -0.05) is 6.92 Å². The molecule has 0 aromatic rings. The van der Waals surface area contributed by atoms with Crippen LogP contribution in [0.3, 0.4) is 0 Å². The van der Waals surface area contributed by atoms with E-state index in [1.807, 2.05) is 0 Å². The summed E-state index contributed by atoms with van der Waals surface area (Å²) < 4.78 is 24.8. The first-order valence-electron chi connectivity index (χ1n) is 8.86. The largest absolute Gasteiger partial charge is 0.356 e. The third-order valence-electron chi connectivity index (χ3n) is 4.70. The van der Waals surface area contributed by atoms with Crippen LogP contribution in [0, 0.1) is 5.92 Å². The zero-order chi connectivity index (χ0) is 18.3. The Labute approximate surface area is 171 Å². The van der Waals surface area contributed by atoms with Gasteiger partial charge in [-0.05, 0) is 33.1 Å². The zero-order valence-electron chi connectivity index (χ0n) is 16.4. The Bertz CT molecular complexity index is 513. The average Bonchev–Trinajstić information content (AvgIpc) is 2.91. The second-order valence-corrected chi connectivity index (χ2v) is 9.21. The number of rotatable bonds is 8. The summed E-state index contributed by atoms with van der Waals surface area (Å²) in [5, 5.41) is 6.78. The molecule has 7 nitrogen and oxygen atoms in total.